The first-order chi connectivity index (χ1) is 6.75. The molecule has 0 N–H and O–H groups in total. The smallest absolute Gasteiger partial charge is 0.318 e. The van der Waals surface area contributed by atoms with E-state index in [-0.39, 0.29) is 29.2 Å². The van der Waals surface area contributed by atoms with Crippen molar-refractivity contribution in [1.82, 2.24) is 0 Å². The molecule has 0 saturated carbocycles. The number of ether oxygens (including phenoxy) is 1. The second-order valence-electron chi connectivity index (χ2n) is 5.59. The Kier molecular flexibility index (Phi) is 3.22. The van der Waals surface area contributed by atoms with Gasteiger partial charge in [0, 0.05) is 0 Å². The second kappa shape index (κ2) is 3.95. The minimum Gasteiger partial charge on any atom is -0.393 e. The van der Waals surface area contributed by atoms with E-state index in [9.17, 15) is 9.59 Å². The number of carbonyl (C=O) groups is 2. The van der Waals surface area contributed by atoms with Gasteiger partial charge in [-0.25, -0.2) is 0 Å². The molecule has 1 aliphatic rings. The highest BCUT2D eigenvalue weighted by Gasteiger charge is 2.49. The Labute approximate surface area is 91.2 Å². The number of carbonyl (C=O) groups excluding carboxylic acids is 2. The average Bonchev–Trinajstić information content (AvgIpc) is 2.23. The van der Waals surface area contributed by atoms with Gasteiger partial charge >= 0.3 is 11.9 Å². The van der Waals surface area contributed by atoms with Crippen molar-refractivity contribution in [3.05, 3.63) is 0 Å². The molecule has 1 fully saturated rings. The van der Waals surface area contributed by atoms with Crippen LogP contribution in [-0.2, 0) is 14.3 Å². The molecule has 15 heavy (non-hydrogen) atoms. The number of rotatable bonds is 3. The Morgan fingerprint density at radius 3 is 2.13 bits per heavy atom. The number of hydrogen-bond donors (Lipinski definition) is 0. The number of hydrogen-bond acceptors (Lipinski definition) is 3. The summed E-state index contributed by atoms with van der Waals surface area (Å²) in [5, 5.41) is 0. The monoisotopic (exact) mass is 212 g/mol. The summed E-state index contributed by atoms with van der Waals surface area (Å²) in [5.74, 6) is -0.797. The molecule has 0 aromatic heterocycles. The van der Waals surface area contributed by atoms with Crippen LogP contribution in [0.2, 0.25) is 0 Å². The van der Waals surface area contributed by atoms with E-state index in [0.29, 0.717) is 5.92 Å². The van der Waals surface area contributed by atoms with Crippen LogP contribution in [0.25, 0.3) is 0 Å². The standard InChI is InChI=1S/C12H20O3/c1-7(2)6-12(4,5)9-8(3)10(13)15-11(9)14/h7-9H,6H2,1-5H3. The van der Waals surface area contributed by atoms with E-state index in [1.165, 1.54) is 0 Å². The van der Waals surface area contributed by atoms with Crippen LogP contribution in [0.5, 0.6) is 0 Å². The van der Waals surface area contributed by atoms with Crippen LogP contribution in [0.15, 0.2) is 0 Å². The van der Waals surface area contributed by atoms with Crippen molar-refractivity contribution in [2.24, 2.45) is 23.2 Å². The Morgan fingerprint density at radius 2 is 1.80 bits per heavy atom. The topological polar surface area (TPSA) is 43.4 Å². The predicted molar refractivity (Wildman–Crippen MR) is 57.0 cm³/mol. The molecular weight excluding hydrogens is 192 g/mol. The van der Waals surface area contributed by atoms with Crippen molar-refractivity contribution in [3.63, 3.8) is 0 Å². The zero-order valence-corrected chi connectivity index (χ0v) is 10.2. The zero-order chi connectivity index (χ0) is 11.8. The van der Waals surface area contributed by atoms with Crippen molar-refractivity contribution in [2.45, 2.75) is 41.0 Å². The quantitative estimate of drug-likeness (QED) is 0.533. The molecular formula is C12H20O3. The molecule has 0 bridgehead atoms. The first-order valence-electron chi connectivity index (χ1n) is 5.51. The maximum Gasteiger partial charge on any atom is 0.318 e. The van der Waals surface area contributed by atoms with Gasteiger partial charge in [0.15, 0.2) is 0 Å². The molecule has 86 valence electrons. The molecule has 3 heteroatoms. The van der Waals surface area contributed by atoms with Gasteiger partial charge in [-0.05, 0) is 17.8 Å². The van der Waals surface area contributed by atoms with E-state index >= 15 is 0 Å². The van der Waals surface area contributed by atoms with Gasteiger partial charge in [-0.3, -0.25) is 9.59 Å². The third-order valence-corrected chi connectivity index (χ3v) is 3.10. The Morgan fingerprint density at radius 1 is 1.27 bits per heavy atom. The number of esters is 2. The SMILES string of the molecule is CC(C)CC(C)(C)C1C(=O)OC(=O)C1C. The molecule has 3 nitrogen and oxygen atoms in total. The molecule has 1 aliphatic heterocycles. The fourth-order valence-electron chi connectivity index (χ4n) is 2.77. The van der Waals surface area contributed by atoms with E-state index in [1.54, 1.807) is 6.92 Å². The molecule has 2 atom stereocenters. The molecule has 1 saturated heterocycles. The Bertz CT molecular complexity index is 279. The Hall–Kier alpha value is -0.860. The van der Waals surface area contributed by atoms with Crippen molar-refractivity contribution < 1.29 is 14.3 Å². The predicted octanol–water partition coefficient (Wildman–Crippen LogP) is 2.39. The van der Waals surface area contributed by atoms with Gasteiger partial charge in [0.1, 0.15) is 0 Å². The summed E-state index contributed by atoms with van der Waals surface area (Å²) < 4.78 is 4.68. The van der Waals surface area contributed by atoms with E-state index in [4.69, 9.17) is 0 Å². The lowest BCUT2D eigenvalue weighted by atomic mass is 9.69. The van der Waals surface area contributed by atoms with Crippen molar-refractivity contribution in [2.75, 3.05) is 0 Å². The summed E-state index contributed by atoms with van der Waals surface area (Å²) in [7, 11) is 0. The summed E-state index contributed by atoms with van der Waals surface area (Å²) in [6.45, 7) is 10.1. The van der Waals surface area contributed by atoms with Gasteiger partial charge in [-0.2, -0.15) is 0 Å². The fraction of sp³-hybridized carbons (Fsp3) is 0.833. The van der Waals surface area contributed by atoms with Crippen molar-refractivity contribution >= 4 is 11.9 Å². The molecule has 0 amide bonds. The Balaban J connectivity index is 2.86. The molecule has 1 heterocycles. The molecule has 0 spiro atoms. The van der Waals surface area contributed by atoms with Crippen LogP contribution in [0, 0.1) is 23.2 Å². The molecule has 0 aromatic carbocycles. The van der Waals surface area contributed by atoms with Crippen LogP contribution in [0.3, 0.4) is 0 Å². The van der Waals surface area contributed by atoms with Crippen LogP contribution < -0.4 is 0 Å². The second-order valence-corrected chi connectivity index (χ2v) is 5.59. The lowest BCUT2D eigenvalue weighted by Crippen LogP contribution is -2.33. The minimum atomic E-state index is -0.373. The fourth-order valence-corrected chi connectivity index (χ4v) is 2.77. The highest BCUT2D eigenvalue weighted by atomic mass is 16.6. The van der Waals surface area contributed by atoms with Gasteiger partial charge in [0.2, 0.25) is 0 Å². The van der Waals surface area contributed by atoms with Crippen LogP contribution in [0.4, 0.5) is 0 Å². The normalized spacial score (nSPS) is 27.3. The van der Waals surface area contributed by atoms with E-state index in [0.717, 1.165) is 6.42 Å². The zero-order valence-electron chi connectivity index (χ0n) is 10.2. The first kappa shape index (κ1) is 12.2. The molecule has 0 aliphatic carbocycles. The van der Waals surface area contributed by atoms with Gasteiger partial charge in [0.25, 0.3) is 0 Å². The van der Waals surface area contributed by atoms with Gasteiger partial charge in [0.05, 0.1) is 11.8 Å². The molecule has 0 aromatic rings. The third kappa shape index (κ3) is 2.39. The van der Waals surface area contributed by atoms with Gasteiger partial charge in [-0.15, -0.1) is 0 Å². The summed E-state index contributed by atoms with van der Waals surface area (Å²) in [6, 6.07) is 0. The largest absolute Gasteiger partial charge is 0.393 e. The summed E-state index contributed by atoms with van der Waals surface area (Å²) in [4.78, 5) is 22.9. The van der Waals surface area contributed by atoms with Crippen molar-refractivity contribution in [3.8, 4) is 0 Å². The maximum absolute atomic E-state index is 11.6. The van der Waals surface area contributed by atoms with Crippen LogP contribution in [0.1, 0.15) is 41.0 Å². The molecule has 1 rings (SSSR count). The van der Waals surface area contributed by atoms with E-state index < -0.39 is 0 Å². The van der Waals surface area contributed by atoms with E-state index in [2.05, 4.69) is 18.6 Å². The maximum atomic E-state index is 11.6. The van der Waals surface area contributed by atoms with E-state index in [1.807, 2.05) is 13.8 Å². The highest BCUT2D eigenvalue weighted by molar-refractivity contribution is 5.96. The summed E-state index contributed by atoms with van der Waals surface area (Å²) >= 11 is 0. The van der Waals surface area contributed by atoms with Gasteiger partial charge in [-0.1, -0.05) is 34.6 Å². The lowest BCUT2D eigenvalue weighted by molar-refractivity contribution is -0.154. The molecule has 0 radical (unpaired) electrons. The number of cyclic esters (lactones) is 2. The highest BCUT2D eigenvalue weighted by Crippen LogP contribution is 2.42. The summed E-state index contributed by atoms with van der Waals surface area (Å²) in [6.07, 6.45) is 0.921. The van der Waals surface area contributed by atoms with Crippen molar-refractivity contribution in [1.29, 1.82) is 0 Å². The first-order valence-corrected chi connectivity index (χ1v) is 5.51. The van der Waals surface area contributed by atoms with Crippen LogP contribution in [-0.4, -0.2) is 11.9 Å². The average molecular weight is 212 g/mol. The van der Waals surface area contributed by atoms with Crippen LogP contribution >= 0.6 is 0 Å². The third-order valence-electron chi connectivity index (χ3n) is 3.10. The molecule has 2 unspecified atom stereocenters. The summed E-state index contributed by atoms with van der Waals surface area (Å²) in [5.41, 5.74) is -0.170. The van der Waals surface area contributed by atoms with Gasteiger partial charge < -0.3 is 4.74 Å². The lowest BCUT2D eigenvalue weighted by Gasteiger charge is -2.32. The minimum absolute atomic E-state index is 0.170.